The molecule has 1 aromatic heterocycles. The van der Waals surface area contributed by atoms with Crippen molar-refractivity contribution in [2.75, 3.05) is 39.4 Å². The predicted molar refractivity (Wildman–Crippen MR) is 96.6 cm³/mol. The van der Waals surface area contributed by atoms with Gasteiger partial charge in [0.25, 0.3) is 0 Å². The second-order valence-electron chi connectivity index (χ2n) is 6.75. The lowest BCUT2D eigenvalue weighted by Crippen LogP contribution is -2.48. The van der Waals surface area contributed by atoms with Crippen molar-refractivity contribution in [2.45, 2.75) is 18.7 Å². The number of nitrogens with zero attached hydrogens (tertiary/aromatic N) is 2. The molecule has 0 spiro atoms. The summed E-state index contributed by atoms with van der Waals surface area (Å²) in [4.78, 5) is 4.60. The molecule has 4 rings (SSSR count). The molecule has 0 unspecified atom stereocenters. The van der Waals surface area contributed by atoms with Crippen molar-refractivity contribution < 1.29 is 14.3 Å². The fraction of sp³-hybridized carbons (Fsp3) is 0.474. The van der Waals surface area contributed by atoms with Crippen LogP contribution in [-0.4, -0.2) is 66.4 Å². The maximum Gasteiger partial charge on any atom is 0.134 e. The number of benzene rings is 1. The molecule has 25 heavy (non-hydrogen) atoms. The second-order valence-corrected chi connectivity index (χ2v) is 7.19. The van der Waals surface area contributed by atoms with Crippen LogP contribution in [-0.2, 0) is 11.3 Å². The Morgan fingerprint density at radius 3 is 2.56 bits per heavy atom. The first-order valence-electron chi connectivity index (χ1n) is 8.76. The lowest BCUT2D eigenvalue weighted by Gasteiger charge is -2.33. The van der Waals surface area contributed by atoms with E-state index in [2.05, 4.69) is 9.80 Å². The van der Waals surface area contributed by atoms with E-state index in [1.54, 1.807) is 0 Å². The SMILES string of the molecule is O[C@H]1CN(Cc2ccc(-c3ccc(Cl)cc3)o2)C[C@@H]1N1CCOCC1. The van der Waals surface area contributed by atoms with E-state index in [-0.39, 0.29) is 12.1 Å². The van der Waals surface area contributed by atoms with Gasteiger partial charge in [-0.15, -0.1) is 0 Å². The summed E-state index contributed by atoms with van der Waals surface area (Å²) in [5.74, 6) is 1.76. The molecule has 2 aliphatic heterocycles. The molecular formula is C19H23ClN2O3. The van der Waals surface area contributed by atoms with Gasteiger partial charge in [-0.3, -0.25) is 9.80 Å². The molecule has 2 fully saturated rings. The van der Waals surface area contributed by atoms with Crippen LogP contribution in [0.5, 0.6) is 0 Å². The van der Waals surface area contributed by atoms with Gasteiger partial charge in [-0.25, -0.2) is 0 Å². The van der Waals surface area contributed by atoms with Crippen LogP contribution >= 0.6 is 11.6 Å². The van der Waals surface area contributed by atoms with E-state index in [0.29, 0.717) is 13.1 Å². The monoisotopic (exact) mass is 362 g/mol. The Bertz CT molecular complexity index is 697. The van der Waals surface area contributed by atoms with Gasteiger partial charge in [0.15, 0.2) is 0 Å². The number of aliphatic hydroxyl groups is 1. The molecule has 3 heterocycles. The minimum absolute atomic E-state index is 0.189. The number of halogens is 1. The van der Waals surface area contributed by atoms with E-state index >= 15 is 0 Å². The normalized spacial score (nSPS) is 25.5. The Labute approximate surface area is 152 Å². The number of aliphatic hydroxyl groups excluding tert-OH is 1. The van der Waals surface area contributed by atoms with Crippen molar-refractivity contribution >= 4 is 11.6 Å². The largest absolute Gasteiger partial charge is 0.460 e. The third-order valence-electron chi connectivity index (χ3n) is 5.02. The van der Waals surface area contributed by atoms with Crippen molar-refractivity contribution in [3.8, 4) is 11.3 Å². The number of morpholine rings is 1. The zero-order valence-corrected chi connectivity index (χ0v) is 14.9. The first-order chi connectivity index (χ1) is 12.2. The van der Waals surface area contributed by atoms with Crippen LogP contribution in [0.3, 0.4) is 0 Å². The summed E-state index contributed by atoms with van der Waals surface area (Å²) >= 11 is 5.94. The predicted octanol–water partition coefficient (Wildman–Crippen LogP) is 2.48. The Morgan fingerprint density at radius 2 is 1.80 bits per heavy atom. The van der Waals surface area contributed by atoms with E-state index in [1.807, 2.05) is 36.4 Å². The first-order valence-corrected chi connectivity index (χ1v) is 9.14. The molecular weight excluding hydrogens is 340 g/mol. The van der Waals surface area contributed by atoms with E-state index in [1.165, 1.54) is 0 Å². The van der Waals surface area contributed by atoms with Gasteiger partial charge in [-0.1, -0.05) is 11.6 Å². The Kier molecular flexibility index (Phi) is 5.10. The number of likely N-dealkylation sites (tertiary alicyclic amines) is 1. The van der Waals surface area contributed by atoms with E-state index in [9.17, 15) is 5.11 Å². The maximum absolute atomic E-state index is 10.4. The van der Waals surface area contributed by atoms with E-state index in [0.717, 1.165) is 55.0 Å². The first kappa shape index (κ1) is 17.1. The molecule has 2 aliphatic rings. The summed E-state index contributed by atoms with van der Waals surface area (Å²) in [6, 6.07) is 11.8. The minimum Gasteiger partial charge on any atom is -0.460 e. The van der Waals surface area contributed by atoms with Crippen LogP contribution in [0.1, 0.15) is 5.76 Å². The average molecular weight is 363 g/mol. The molecule has 0 saturated carbocycles. The molecule has 2 aromatic rings. The highest BCUT2D eigenvalue weighted by atomic mass is 35.5. The third-order valence-corrected chi connectivity index (χ3v) is 5.27. The van der Waals surface area contributed by atoms with Gasteiger partial charge in [-0.05, 0) is 36.4 Å². The van der Waals surface area contributed by atoms with Gasteiger partial charge in [0, 0.05) is 42.8 Å². The molecule has 2 saturated heterocycles. The lowest BCUT2D eigenvalue weighted by molar-refractivity contribution is -0.00619. The molecule has 5 nitrogen and oxygen atoms in total. The van der Waals surface area contributed by atoms with Crippen molar-refractivity contribution in [2.24, 2.45) is 0 Å². The molecule has 0 aliphatic carbocycles. The standard InChI is InChI=1S/C19H23ClN2O3/c20-15-3-1-14(2-4-15)19-6-5-16(25-19)11-21-12-17(18(23)13-21)22-7-9-24-10-8-22/h1-6,17-18,23H,7-13H2/t17-,18-/m0/s1. The van der Waals surface area contributed by atoms with Crippen LogP contribution in [0.4, 0.5) is 0 Å². The number of rotatable bonds is 4. The van der Waals surface area contributed by atoms with Crippen LogP contribution < -0.4 is 0 Å². The van der Waals surface area contributed by atoms with Crippen LogP contribution in [0, 0.1) is 0 Å². The number of hydrogen-bond donors (Lipinski definition) is 1. The smallest absolute Gasteiger partial charge is 0.134 e. The van der Waals surface area contributed by atoms with E-state index < -0.39 is 0 Å². The Balaban J connectivity index is 1.38. The summed E-state index contributed by atoms with van der Waals surface area (Å²) in [5, 5.41) is 11.1. The Hall–Kier alpha value is -1.37. The molecule has 0 radical (unpaired) electrons. The molecule has 134 valence electrons. The minimum atomic E-state index is -0.316. The lowest BCUT2D eigenvalue weighted by atomic mass is 10.2. The number of furan rings is 1. The van der Waals surface area contributed by atoms with Gasteiger partial charge in [0.2, 0.25) is 0 Å². The van der Waals surface area contributed by atoms with Crippen molar-refractivity contribution in [3.63, 3.8) is 0 Å². The number of β-amino-alcohol motifs (C(OH)–C–C–N with tert-alkyl or cyclic N) is 1. The van der Waals surface area contributed by atoms with Gasteiger partial charge in [0.05, 0.1) is 25.9 Å². The number of ether oxygens (including phenoxy) is 1. The molecule has 6 heteroatoms. The molecule has 1 aromatic carbocycles. The van der Waals surface area contributed by atoms with Crippen LogP contribution in [0.25, 0.3) is 11.3 Å². The summed E-state index contributed by atoms with van der Waals surface area (Å²) in [5.41, 5.74) is 1.02. The van der Waals surface area contributed by atoms with Crippen molar-refractivity contribution in [3.05, 3.63) is 47.2 Å². The topological polar surface area (TPSA) is 49.1 Å². The third kappa shape index (κ3) is 3.91. The summed E-state index contributed by atoms with van der Waals surface area (Å²) in [7, 11) is 0. The number of hydrogen-bond acceptors (Lipinski definition) is 5. The molecule has 1 N–H and O–H groups in total. The van der Waals surface area contributed by atoms with Gasteiger partial charge >= 0.3 is 0 Å². The van der Waals surface area contributed by atoms with Gasteiger partial charge < -0.3 is 14.3 Å². The molecule has 2 atom stereocenters. The van der Waals surface area contributed by atoms with Crippen molar-refractivity contribution in [1.29, 1.82) is 0 Å². The van der Waals surface area contributed by atoms with Gasteiger partial charge in [-0.2, -0.15) is 0 Å². The Morgan fingerprint density at radius 1 is 1.04 bits per heavy atom. The van der Waals surface area contributed by atoms with E-state index in [4.69, 9.17) is 20.8 Å². The quantitative estimate of drug-likeness (QED) is 0.905. The summed E-state index contributed by atoms with van der Waals surface area (Å²) in [6.45, 7) is 5.56. The average Bonchev–Trinajstić information content (AvgIpc) is 3.23. The van der Waals surface area contributed by atoms with Crippen molar-refractivity contribution in [1.82, 2.24) is 9.80 Å². The summed E-state index contributed by atoms with van der Waals surface area (Å²) in [6.07, 6.45) is -0.316. The van der Waals surface area contributed by atoms with Gasteiger partial charge in [0.1, 0.15) is 11.5 Å². The fourth-order valence-corrected chi connectivity index (χ4v) is 3.82. The zero-order valence-electron chi connectivity index (χ0n) is 14.1. The van der Waals surface area contributed by atoms with Crippen LogP contribution in [0.2, 0.25) is 5.02 Å². The second kappa shape index (κ2) is 7.48. The molecule has 0 bridgehead atoms. The van der Waals surface area contributed by atoms with Crippen LogP contribution in [0.15, 0.2) is 40.8 Å². The maximum atomic E-state index is 10.4. The highest BCUT2D eigenvalue weighted by molar-refractivity contribution is 6.30. The molecule has 0 amide bonds. The summed E-state index contributed by atoms with van der Waals surface area (Å²) < 4.78 is 11.4. The fourth-order valence-electron chi connectivity index (χ4n) is 3.70. The zero-order chi connectivity index (χ0) is 17.2. The highest BCUT2D eigenvalue weighted by Crippen LogP contribution is 2.26. The highest BCUT2D eigenvalue weighted by Gasteiger charge is 2.36.